The molecule has 0 atom stereocenters. The van der Waals surface area contributed by atoms with Gasteiger partial charge in [0.2, 0.25) is 5.69 Å². The fourth-order valence-electron chi connectivity index (χ4n) is 4.54. The molecule has 184 valence electrons. The third-order valence-electron chi connectivity index (χ3n) is 6.48. The summed E-state index contributed by atoms with van der Waals surface area (Å²) in [7, 11) is 0. The predicted molar refractivity (Wildman–Crippen MR) is 136 cm³/mol. The molecule has 0 aromatic heterocycles. The van der Waals surface area contributed by atoms with Crippen LogP contribution in [0.4, 0.5) is 25.8 Å². The molecule has 1 saturated heterocycles. The van der Waals surface area contributed by atoms with Crippen LogP contribution >= 0.6 is 12.2 Å². The number of rotatable bonds is 4. The number of nitrogens with zero attached hydrogens (tertiary/aromatic N) is 4. The van der Waals surface area contributed by atoms with Crippen molar-refractivity contribution in [3.8, 4) is 0 Å². The molecular formula is C27H18F2N4O3S. The average molecular weight is 517 g/mol. The summed E-state index contributed by atoms with van der Waals surface area (Å²) in [6, 6.07) is 14.3. The number of carbonyl (C=O) groups is 3. The van der Waals surface area contributed by atoms with Gasteiger partial charge in [-0.1, -0.05) is 24.3 Å². The fourth-order valence-corrected chi connectivity index (χ4v) is 5.06. The quantitative estimate of drug-likeness (QED) is 0.270. The first kappa shape index (κ1) is 24.2. The lowest BCUT2D eigenvalue weighted by Crippen LogP contribution is -2.44. The molecule has 1 fully saturated rings. The molecule has 37 heavy (non-hydrogen) atoms. The van der Waals surface area contributed by atoms with E-state index in [1.165, 1.54) is 29.2 Å². The second kappa shape index (κ2) is 8.57. The highest BCUT2D eigenvalue weighted by atomic mass is 32.1. The number of fused-ring (bicyclic) bond motifs is 1. The van der Waals surface area contributed by atoms with E-state index in [4.69, 9.17) is 18.8 Å². The summed E-state index contributed by atoms with van der Waals surface area (Å²) in [4.78, 5) is 45.3. The van der Waals surface area contributed by atoms with E-state index < -0.39 is 34.9 Å². The minimum Gasteiger partial charge on any atom is -0.303 e. The molecule has 5 rings (SSSR count). The number of benzene rings is 3. The zero-order chi connectivity index (χ0) is 26.6. The smallest absolute Gasteiger partial charge is 0.261 e. The topological polar surface area (TPSA) is 65.3 Å². The van der Waals surface area contributed by atoms with Gasteiger partial charge in [0.05, 0.1) is 29.9 Å². The zero-order valence-electron chi connectivity index (χ0n) is 19.7. The van der Waals surface area contributed by atoms with Crippen molar-refractivity contribution >= 4 is 52.1 Å². The third-order valence-corrected chi connectivity index (χ3v) is 6.84. The number of imide groups is 1. The minimum absolute atomic E-state index is 0.0115. The van der Waals surface area contributed by atoms with Crippen molar-refractivity contribution in [2.45, 2.75) is 25.9 Å². The van der Waals surface area contributed by atoms with Crippen molar-refractivity contribution in [3.63, 3.8) is 0 Å². The first-order chi connectivity index (χ1) is 17.6. The number of halogens is 2. The molecule has 0 radical (unpaired) electrons. The Balaban J connectivity index is 1.44. The van der Waals surface area contributed by atoms with E-state index in [0.717, 1.165) is 15.9 Å². The van der Waals surface area contributed by atoms with Crippen LogP contribution in [0.15, 0.2) is 60.7 Å². The molecule has 3 aromatic rings. The van der Waals surface area contributed by atoms with Crippen LogP contribution in [0.5, 0.6) is 0 Å². The standard InChI is InChI=1S/C27H18F2N4O3S/c1-27(2)25(36)32(16-10-11-22(30-3)21(29)12-16)26(37)33(27)17-9-8-15(20(28)13-17)14-31-23(34)18-6-4-5-7-19(18)24(31)35/h4-13H,14H2,1-2H3. The van der Waals surface area contributed by atoms with Crippen molar-refractivity contribution in [2.24, 2.45) is 0 Å². The maximum Gasteiger partial charge on any atom is 0.261 e. The van der Waals surface area contributed by atoms with Gasteiger partial charge in [0, 0.05) is 11.3 Å². The van der Waals surface area contributed by atoms with Gasteiger partial charge in [-0.15, -0.1) is 0 Å². The van der Waals surface area contributed by atoms with Gasteiger partial charge in [-0.2, -0.15) is 0 Å². The highest BCUT2D eigenvalue weighted by Gasteiger charge is 2.50. The normalized spacial score (nSPS) is 16.5. The molecule has 0 bridgehead atoms. The van der Waals surface area contributed by atoms with Gasteiger partial charge >= 0.3 is 0 Å². The fraction of sp³-hybridized carbons (Fsp3) is 0.148. The Bertz CT molecular complexity index is 1550. The molecule has 2 heterocycles. The van der Waals surface area contributed by atoms with Crippen LogP contribution in [0.3, 0.4) is 0 Å². The Labute approximate surface area is 216 Å². The molecule has 3 aromatic carbocycles. The molecule has 0 spiro atoms. The van der Waals surface area contributed by atoms with Crippen LogP contribution in [0.2, 0.25) is 0 Å². The zero-order valence-corrected chi connectivity index (χ0v) is 20.5. The molecule has 7 nitrogen and oxygen atoms in total. The van der Waals surface area contributed by atoms with Crippen LogP contribution in [-0.4, -0.2) is 33.3 Å². The van der Waals surface area contributed by atoms with E-state index in [1.807, 2.05) is 0 Å². The molecular weight excluding hydrogens is 498 g/mol. The minimum atomic E-state index is -1.23. The Morgan fingerprint density at radius 1 is 0.892 bits per heavy atom. The van der Waals surface area contributed by atoms with Crippen molar-refractivity contribution in [1.82, 2.24) is 4.90 Å². The summed E-state index contributed by atoms with van der Waals surface area (Å²) in [5, 5.41) is 0.0115. The number of hydrogen-bond acceptors (Lipinski definition) is 4. The summed E-state index contributed by atoms with van der Waals surface area (Å²) >= 11 is 5.55. The Kier molecular flexibility index (Phi) is 5.61. The summed E-state index contributed by atoms with van der Waals surface area (Å²) in [5.74, 6) is -2.93. The lowest BCUT2D eigenvalue weighted by Gasteiger charge is -2.29. The van der Waals surface area contributed by atoms with E-state index in [0.29, 0.717) is 0 Å². The van der Waals surface area contributed by atoms with Crippen molar-refractivity contribution in [1.29, 1.82) is 0 Å². The largest absolute Gasteiger partial charge is 0.303 e. The van der Waals surface area contributed by atoms with Gasteiger partial charge in [0.15, 0.2) is 5.11 Å². The predicted octanol–water partition coefficient (Wildman–Crippen LogP) is 5.23. The Hall–Kier alpha value is -4.49. The summed E-state index contributed by atoms with van der Waals surface area (Å²) in [6.07, 6.45) is 0. The van der Waals surface area contributed by atoms with Crippen molar-refractivity contribution in [3.05, 3.63) is 100 Å². The molecule has 10 heteroatoms. The maximum absolute atomic E-state index is 15.3. The van der Waals surface area contributed by atoms with Crippen LogP contribution < -0.4 is 9.80 Å². The second-order valence-electron chi connectivity index (χ2n) is 9.08. The van der Waals surface area contributed by atoms with Gasteiger partial charge < -0.3 is 4.90 Å². The number of amides is 3. The molecule has 2 aliphatic rings. The highest BCUT2D eigenvalue weighted by Crippen LogP contribution is 2.38. The van der Waals surface area contributed by atoms with Crippen LogP contribution in [0.25, 0.3) is 4.85 Å². The first-order valence-electron chi connectivity index (χ1n) is 11.2. The van der Waals surface area contributed by atoms with Crippen LogP contribution in [-0.2, 0) is 11.3 Å². The van der Waals surface area contributed by atoms with Gasteiger partial charge in [-0.05, 0) is 62.5 Å². The average Bonchev–Trinajstić information content (AvgIpc) is 3.21. The third kappa shape index (κ3) is 3.67. The summed E-state index contributed by atoms with van der Waals surface area (Å²) < 4.78 is 29.5. The second-order valence-corrected chi connectivity index (χ2v) is 9.45. The van der Waals surface area contributed by atoms with E-state index in [-0.39, 0.29) is 45.4 Å². The van der Waals surface area contributed by atoms with E-state index in [1.54, 1.807) is 44.2 Å². The molecule has 3 amide bonds. The lowest BCUT2D eigenvalue weighted by atomic mass is 10.0. The van der Waals surface area contributed by atoms with Crippen LogP contribution in [0, 0.1) is 18.2 Å². The van der Waals surface area contributed by atoms with Gasteiger partial charge in [0.25, 0.3) is 17.7 Å². The summed E-state index contributed by atoms with van der Waals surface area (Å²) in [5.41, 5.74) is -0.343. The molecule has 0 N–H and O–H groups in total. The highest BCUT2D eigenvalue weighted by molar-refractivity contribution is 7.81. The van der Waals surface area contributed by atoms with E-state index in [9.17, 15) is 18.8 Å². The lowest BCUT2D eigenvalue weighted by molar-refractivity contribution is -0.120. The van der Waals surface area contributed by atoms with E-state index >= 15 is 4.39 Å². The number of anilines is 2. The van der Waals surface area contributed by atoms with Crippen molar-refractivity contribution < 1.29 is 23.2 Å². The molecule has 0 saturated carbocycles. The molecule has 0 unspecified atom stereocenters. The Morgan fingerprint density at radius 2 is 1.49 bits per heavy atom. The van der Waals surface area contributed by atoms with Gasteiger partial charge in [-0.3, -0.25) is 24.2 Å². The van der Waals surface area contributed by atoms with Crippen molar-refractivity contribution in [2.75, 3.05) is 9.80 Å². The number of carbonyl (C=O) groups excluding carboxylic acids is 3. The Morgan fingerprint density at radius 3 is 2.05 bits per heavy atom. The SMILES string of the molecule is [C-]#[N+]c1ccc(N2C(=O)C(C)(C)N(c3ccc(CN4C(=O)c5ccccc5C4=O)c(F)c3)C2=S)cc1F. The number of thiocarbonyl (C=S) groups is 1. The van der Waals surface area contributed by atoms with Crippen LogP contribution in [0.1, 0.15) is 40.1 Å². The molecule has 2 aliphatic heterocycles. The maximum atomic E-state index is 15.3. The molecule has 0 aliphatic carbocycles. The van der Waals surface area contributed by atoms with E-state index in [2.05, 4.69) is 4.85 Å². The number of hydrogen-bond donors (Lipinski definition) is 0. The monoisotopic (exact) mass is 516 g/mol. The van der Waals surface area contributed by atoms with Gasteiger partial charge in [-0.25, -0.2) is 13.6 Å². The summed E-state index contributed by atoms with van der Waals surface area (Å²) in [6.45, 7) is 9.96. The van der Waals surface area contributed by atoms with Gasteiger partial charge in [0.1, 0.15) is 17.2 Å². The first-order valence-corrected chi connectivity index (χ1v) is 11.6.